The van der Waals surface area contributed by atoms with Crippen LogP contribution in [0, 0.1) is 6.92 Å². The molecule has 1 N–H and O–H groups in total. The molecule has 2 atom stereocenters. The van der Waals surface area contributed by atoms with Crippen molar-refractivity contribution in [3.05, 3.63) is 70.8 Å². The monoisotopic (exact) mass is 351 g/mol. The maximum absolute atomic E-state index is 12.8. The number of carbonyl (C=O) groups is 2. The number of benzene rings is 2. The molecule has 4 nitrogen and oxygen atoms in total. The van der Waals surface area contributed by atoms with Gasteiger partial charge in [-0.3, -0.25) is 4.79 Å². The fraction of sp³-hybridized carbons (Fsp3) is 0.364. The molecule has 1 aliphatic rings. The number of hydrogen-bond acceptors (Lipinski definition) is 2. The fourth-order valence-corrected chi connectivity index (χ4v) is 3.98. The molecule has 0 spiro atoms. The summed E-state index contributed by atoms with van der Waals surface area (Å²) in [5.74, 6) is -0.461. The molecule has 1 amide bonds. The summed E-state index contributed by atoms with van der Waals surface area (Å²) in [6.07, 6.45) is 1.77. The highest BCUT2D eigenvalue weighted by atomic mass is 16.4. The third-order valence-electron chi connectivity index (χ3n) is 5.38. The van der Waals surface area contributed by atoms with Gasteiger partial charge in [-0.2, -0.15) is 0 Å². The number of likely N-dealkylation sites (tertiary alicyclic amines) is 1. The van der Waals surface area contributed by atoms with E-state index in [1.54, 1.807) is 18.2 Å². The molecule has 3 rings (SSSR count). The Morgan fingerprint density at radius 3 is 2.54 bits per heavy atom. The molecule has 26 heavy (non-hydrogen) atoms. The van der Waals surface area contributed by atoms with Crippen LogP contribution in [0.4, 0.5) is 0 Å². The molecule has 1 fully saturated rings. The molecule has 0 bridgehead atoms. The minimum atomic E-state index is -0.942. The first-order valence-electron chi connectivity index (χ1n) is 9.13. The normalized spacial score (nSPS) is 19.5. The first kappa shape index (κ1) is 18.2. The van der Waals surface area contributed by atoms with Crippen LogP contribution >= 0.6 is 0 Å². The van der Waals surface area contributed by atoms with Crippen molar-refractivity contribution in [3.63, 3.8) is 0 Å². The number of carboxylic acids is 1. The van der Waals surface area contributed by atoms with E-state index < -0.39 is 5.97 Å². The van der Waals surface area contributed by atoms with Gasteiger partial charge in [-0.1, -0.05) is 42.5 Å². The average molecular weight is 351 g/mol. The molecular weight excluding hydrogens is 326 g/mol. The molecule has 2 aromatic rings. The van der Waals surface area contributed by atoms with Crippen molar-refractivity contribution < 1.29 is 14.7 Å². The largest absolute Gasteiger partial charge is 0.478 e. The van der Waals surface area contributed by atoms with Crippen molar-refractivity contribution in [3.8, 4) is 0 Å². The Balaban J connectivity index is 1.66. The molecule has 1 saturated heterocycles. The van der Waals surface area contributed by atoms with Crippen LogP contribution in [0.25, 0.3) is 0 Å². The smallest absolute Gasteiger partial charge is 0.335 e. The molecule has 1 heterocycles. The van der Waals surface area contributed by atoms with Crippen molar-refractivity contribution in [2.75, 3.05) is 6.54 Å². The lowest BCUT2D eigenvalue weighted by Crippen LogP contribution is -2.34. The molecule has 2 unspecified atom stereocenters. The molecule has 1 aliphatic heterocycles. The predicted molar refractivity (Wildman–Crippen MR) is 101 cm³/mol. The van der Waals surface area contributed by atoms with Crippen LogP contribution in [-0.2, 0) is 11.2 Å². The Bertz CT molecular complexity index is 815. The van der Waals surface area contributed by atoms with Gasteiger partial charge in [0.15, 0.2) is 0 Å². The molecule has 0 radical (unpaired) electrons. The quantitative estimate of drug-likeness (QED) is 0.885. The van der Waals surface area contributed by atoms with Crippen molar-refractivity contribution in [1.82, 2.24) is 4.90 Å². The molecule has 2 aromatic carbocycles. The highest BCUT2D eigenvalue weighted by Crippen LogP contribution is 2.33. The summed E-state index contributed by atoms with van der Waals surface area (Å²) >= 11 is 0. The molecule has 0 saturated carbocycles. The maximum atomic E-state index is 12.8. The van der Waals surface area contributed by atoms with Gasteiger partial charge < -0.3 is 10.0 Å². The van der Waals surface area contributed by atoms with Gasteiger partial charge in [0, 0.05) is 24.9 Å². The van der Waals surface area contributed by atoms with Crippen LogP contribution in [-0.4, -0.2) is 34.5 Å². The molecule has 0 aliphatic carbocycles. The summed E-state index contributed by atoms with van der Waals surface area (Å²) < 4.78 is 0. The Labute approximate surface area is 154 Å². The number of carboxylic acid groups (broad SMARTS) is 1. The molecule has 4 heteroatoms. The van der Waals surface area contributed by atoms with E-state index >= 15 is 0 Å². The second kappa shape index (κ2) is 7.73. The van der Waals surface area contributed by atoms with Crippen LogP contribution < -0.4 is 0 Å². The second-order valence-electron chi connectivity index (χ2n) is 7.15. The highest BCUT2D eigenvalue weighted by Gasteiger charge is 2.33. The van der Waals surface area contributed by atoms with Crippen LogP contribution in [0.3, 0.4) is 0 Å². The van der Waals surface area contributed by atoms with Gasteiger partial charge in [-0.15, -0.1) is 0 Å². The summed E-state index contributed by atoms with van der Waals surface area (Å²) in [6, 6.07) is 15.5. The highest BCUT2D eigenvalue weighted by molar-refractivity contribution is 5.89. The summed E-state index contributed by atoms with van der Waals surface area (Å²) in [4.78, 5) is 26.0. The Kier molecular flexibility index (Phi) is 5.40. The second-order valence-corrected chi connectivity index (χ2v) is 7.15. The van der Waals surface area contributed by atoms with Gasteiger partial charge in [0.1, 0.15) is 0 Å². The SMILES string of the molecule is Cc1ccccc1C1CC(C)N(C(=O)CCc2ccccc2C(=O)O)C1. The number of nitrogens with zero attached hydrogens (tertiary/aromatic N) is 1. The lowest BCUT2D eigenvalue weighted by Gasteiger charge is -2.22. The van der Waals surface area contributed by atoms with Gasteiger partial charge in [-0.25, -0.2) is 4.79 Å². The number of hydrogen-bond donors (Lipinski definition) is 1. The van der Waals surface area contributed by atoms with E-state index in [9.17, 15) is 14.7 Å². The van der Waals surface area contributed by atoms with E-state index in [0.29, 0.717) is 18.8 Å². The Hall–Kier alpha value is -2.62. The number of amides is 1. The fourth-order valence-electron chi connectivity index (χ4n) is 3.98. The van der Waals surface area contributed by atoms with Crippen molar-refractivity contribution >= 4 is 11.9 Å². The summed E-state index contributed by atoms with van der Waals surface area (Å²) in [5.41, 5.74) is 3.60. The summed E-state index contributed by atoms with van der Waals surface area (Å²) in [7, 11) is 0. The van der Waals surface area contributed by atoms with E-state index in [-0.39, 0.29) is 17.5 Å². The van der Waals surface area contributed by atoms with Crippen molar-refractivity contribution in [1.29, 1.82) is 0 Å². The topological polar surface area (TPSA) is 57.6 Å². The summed E-state index contributed by atoms with van der Waals surface area (Å²) in [6.45, 7) is 4.96. The van der Waals surface area contributed by atoms with E-state index in [4.69, 9.17) is 0 Å². The lowest BCUT2D eigenvalue weighted by atomic mass is 9.93. The van der Waals surface area contributed by atoms with Gasteiger partial charge in [0.25, 0.3) is 0 Å². The number of aryl methyl sites for hydroxylation is 2. The summed E-state index contributed by atoms with van der Waals surface area (Å²) in [5, 5.41) is 9.28. The molecule has 0 aromatic heterocycles. The lowest BCUT2D eigenvalue weighted by molar-refractivity contribution is -0.131. The number of rotatable bonds is 5. The Morgan fingerprint density at radius 2 is 1.81 bits per heavy atom. The van der Waals surface area contributed by atoms with Crippen LogP contribution in [0.2, 0.25) is 0 Å². The van der Waals surface area contributed by atoms with Crippen LogP contribution in [0.15, 0.2) is 48.5 Å². The van der Waals surface area contributed by atoms with E-state index in [1.807, 2.05) is 17.0 Å². The standard InChI is InChI=1S/C22H25NO3/c1-15-7-3-5-9-19(15)18-13-16(2)23(14-18)21(24)12-11-17-8-4-6-10-20(17)22(25)26/h3-10,16,18H,11-14H2,1-2H3,(H,25,26). The van der Waals surface area contributed by atoms with Crippen LogP contribution in [0.5, 0.6) is 0 Å². The maximum Gasteiger partial charge on any atom is 0.335 e. The average Bonchev–Trinajstić information content (AvgIpc) is 3.02. The van der Waals surface area contributed by atoms with E-state index in [1.165, 1.54) is 11.1 Å². The van der Waals surface area contributed by atoms with Gasteiger partial charge in [0.2, 0.25) is 5.91 Å². The third-order valence-corrected chi connectivity index (χ3v) is 5.38. The van der Waals surface area contributed by atoms with E-state index in [0.717, 1.165) is 18.5 Å². The van der Waals surface area contributed by atoms with Gasteiger partial charge >= 0.3 is 5.97 Å². The number of carbonyl (C=O) groups excluding carboxylic acids is 1. The molecule has 136 valence electrons. The zero-order valence-corrected chi connectivity index (χ0v) is 15.3. The Morgan fingerprint density at radius 1 is 1.12 bits per heavy atom. The van der Waals surface area contributed by atoms with Crippen molar-refractivity contribution in [2.45, 2.75) is 45.1 Å². The predicted octanol–water partition coefficient (Wildman–Crippen LogP) is 4.03. The minimum absolute atomic E-state index is 0.105. The van der Waals surface area contributed by atoms with E-state index in [2.05, 4.69) is 32.0 Å². The van der Waals surface area contributed by atoms with Gasteiger partial charge in [-0.05, 0) is 49.4 Å². The zero-order chi connectivity index (χ0) is 18.7. The first-order valence-corrected chi connectivity index (χ1v) is 9.13. The minimum Gasteiger partial charge on any atom is -0.478 e. The zero-order valence-electron chi connectivity index (χ0n) is 15.3. The van der Waals surface area contributed by atoms with Crippen LogP contribution in [0.1, 0.15) is 52.7 Å². The molecular formula is C22H25NO3. The van der Waals surface area contributed by atoms with Crippen molar-refractivity contribution in [2.24, 2.45) is 0 Å². The third kappa shape index (κ3) is 3.79. The number of aromatic carboxylic acids is 1. The first-order chi connectivity index (χ1) is 12.5. The van der Waals surface area contributed by atoms with Gasteiger partial charge in [0.05, 0.1) is 5.56 Å².